The molecule has 148 valence electrons. The Balaban J connectivity index is 1.34. The number of rotatable bonds is 3. The van der Waals surface area contributed by atoms with Gasteiger partial charge >= 0.3 is 6.18 Å². The number of piperidine rings is 1. The van der Waals surface area contributed by atoms with Gasteiger partial charge in [-0.2, -0.15) is 13.2 Å². The van der Waals surface area contributed by atoms with E-state index in [1.165, 1.54) is 0 Å². The van der Waals surface area contributed by atoms with Crippen LogP contribution in [0.5, 0.6) is 11.5 Å². The van der Waals surface area contributed by atoms with Crippen molar-refractivity contribution in [1.82, 2.24) is 4.90 Å². The lowest BCUT2D eigenvalue weighted by Crippen LogP contribution is -2.44. The first-order chi connectivity index (χ1) is 12.8. The summed E-state index contributed by atoms with van der Waals surface area (Å²) in [5.74, 6) is -0.978. The quantitative estimate of drug-likeness (QED) is 0.858. The van der Waals surface area contributed by atoms with E-state index in [1.807, 2.05) is 0 Å². The average Bonchev–Trinajstić information content (AvgIpc) is 3.20. The van der Waals surface area contributed by atoms with E-state index in [1.54, 1.807) is 23.1 Å². The third kappa shape index (κ3) is 4.00. The van der Waals surface area contributed by atoms with Crippen molar-refractivity contribution in [2.24, 2.45) is 5.92 Å². The Morgan fingerprint density at radius 1 is 1.19 bits per heavy atom. The molecule has 27 heavy (non-hydrogen) atoms. The minimum atomic E-state index is -4.21. The first kappa shape index (κ1) is 18.4. The van der Waals surface area contributed by atoms with Gasteiger partial charge in [0.15, 0.2) is 11.5 Å². The molecule has 1 aromatic rings. The number of anilines is 1. The Labute approximate surface area is 155 Å². The molecule has 2 fully saturated rings. The van der Waals surface area contributed by atoms with Crippen molar-refractivity contribution in [1.29, 1.82) is 0 Å². The maximum absolute atomic E-state index is 12.9. The van der Waals surface area contributed by atoms with Crippen molar-refractivity contribution < 1.29 is 27.4 Å². The van der Waals surface area contributed by atoms with Crippen LogP contribution < -0.4 is 14.8 Å². The second-order valence-corrected chi connectivity index (χ2v) is 7.65. The largest absolute Gasteiger partial charge is 0.448 e. The van der Waals surface area contributed by atoms with Gasteiger partial charge in [0.2, 0.25) is 5.91 Å². The zero-order valence-corrected chi connectivity index (χ0v) is 15.0. The van der Waals surface area contributed by atoms with Crippen LogP contribution in [0.25, 0.3) is 0 Å². The van der Waals surface area contributed by atoms with Gasteiger partial charge in [0.1, 0.15) is 0 Å². The van der Waals surface area contributed by atoms with Crippen LogP contribution in [-0.2, 0) is 4.79 Å². The van der Waals surface area contributed by atoms with Crippen LogP contribution in [0.4, 0.5) is 18.9 Å². The van der Waals surface area contributed by atoms with Gasteiger partial charge in [0.25, 0.3) is 5.79 Å². The van der Waals surface area contributed by atoms with E-state index in [0.29, 0.717) is 30.2 Å². The molecule has 2 aliphatic heterocycles. The zero-order chi connectivity index (χ0) is 19.1. The van der Waals surface area contributed by atoms with Crippen LogP contribution in [0.3, 0.4) is 0 Å². The van der Waals surface area contributed by atoms with E-state index in [2.05, 4.69) is 5.32 Å². The number of ether oxygens (including phenoxy) is 2. The summed E-state index contributed by atoms with van der Waals surface area (Å²) in [4.78, 5) is 13.8. The predicted molar refractivity (Wildman–Crippen MR) is 92.7 cm³/mol. The topological polar surface area (TPSA) is 50.8 Å². The summed E-state index contributed by atoms with van der Waals surface area (Å²) in [5.41, 5.74) is 0.557. The van der Waals surface area contributed by atoms with Crippen LogP contribution in [0.2, 0.25) is 0 Å². The highest BCUT2D eigenvalue weighted by Crippen LogP contribution is 2.47. The molecule has 2 heterocycles. The fraction of sp³-hybridized carbons (Fsp3) is 0.632. The van der Waals surface area contributed by atoms with E-state index >= 15 is 0 Å². The molecule has 3 aliphatic rings. The molecular formula is C19H23F3N2O3. The Kier molecular flexibility index (Phi) is 4.70. The van der Waals surface area contributed by atoms with E-state index in [9.17, 15) is 18.0 Å². The van der Waals surface area contributed by atoms with Gasteiger partial charge < -0.3 is 14.8 Å². The first-order valence-corrected chi connectivity index (χ1v) is 9.44. The molecule has 0 radical (unpaired) electrons. The summed E-state index contributed by atoms with van der Waals surface area (Å²) in [5, 5.41) is 2.75. The van der Waals surface area contributed by atoms with Crippen molar-refractivity contribution in [3.05, 3.63) is 18.2 Å². The molecule has 1 unspecified atom stereocenters. The normalized spacial score (nSPS) is 24.3. The zero-order valence-electron chi connectivity index (χ0n) is 15.0. The van der Waals surface area contributed by atoms with Crippen molar-refractivity contribution in [2.75, 3.05) is 25.0 Å². The van der Waals surface area contributed by atoms with Crippen LogP contribution in [0.15, 0.2) is 18.2 Å². The Hall–Kier alpha value is -1.96. The third-order valence-electron chi connectivity index (χ3n) is 5.52. The molecule has 1 atom stereocenters. The lowest BCUT2D eigenvalue weighted by atomic mass is 9.97. The van der Waals surface area contributed by atoms with E-state index < -0.39 is 17.9 Å². The van der Waals surface area contributed by atoms with Crippen molar-refractivity contribution in [3.63, 3.8) is 0 Å². The van der Waals surface area contributed by atoms with E-state index in [4.69, 9.17) is 9.47 Å². The number of nitrogens with one attached hydrogen (secondary N) is 1. The van der Waals surface area contributed by atoms with Gasteiger partial charge in [-0.05, 0) is 44.4 Å². The number of alkyl halides is 3. The van der Waals surface area contributed by atoms with Crippen LogP contribution in [0.1, 0.15) is 38.5 Å². The molecule has 1 aliphatic carbocycles. The predicted octanol–water partition coefficient (Wildman–Crippen LogP) is 3.94. The summed E-state index contributed by atoms with van der Waals surface area (Å²) in [6, 6.07) is 5.20. The first-order valence-electron chi connectivity index (χ1n) is 9.44. The summed E-state index contributed by atoms with van der Waals surface area (Å²) in [6.07, 6.45) is 0.188. The second-order valence-electron chi connectivity index (χ2n) is 7.65. The van der Waals surface area contributed by atoms with Crippen LogP contribution in [-0.4, -0.2) is 42.4 Å². The SMILES string of the molecule is O=C(CN1CCCC(C(F)(F)F)C1)Nc1ccc2c(c1)OC1(CCCC1)O2. The molecule has 1 aromatic carbocycles. The minimum Gasteiger partial charge on any atom is -0.448 e. The molecular weight excluding hydrogens is 361 g/mol. The molecule has 4 rings (SSSR count). The number of hydrogen-bond donors (Lipinski definition) is 1. The highest BCUT2D eigenvalue weighted by molar-refractivity contribution is 5.92. The van der Waals surface area contributed by atoms with E-state index in [-0.39, 0.29) is 25.4 Å². The van der Waals surface area contributed by atoms with Crippen molar-refractivity contribution in [3.8, 4) is 11.5 Å². The number of fused-ring (bicyclic) bond motifs is 1. The highest BCUT2D eigenvalue weighted by Gasteiger charge is 2.44. The number of hydrogen-bond acceptors (Lipinski definition) is 4. The second kappa shape index (κ2) is 6.89. The smallest absolute Gasteiger partial charge is 0.393 e. The fourth-order valence-corrected chi connectivity index (χ4v) is 4.16. The summed E-state index contributed by atoms with van der Waals surface area (Å²) in [7, 11) is 0. The van der Waals surface area contributed by atoms with Gasteiger partial charge in [-0.3, -0.25) is 9.69 Å². The Morgan fingerprint density at radius 3 is 2.67 bits per heavy atom. The fourth-order valence-electron chi connectivity index (χ4n) is 4.16. The maximum atomic E-state index is 12.9. The maximum Gasteiger partial charge on any atom is 0.393 e. The number of carbonyl (C=O) groups is 1. The lowest BCUT2D eigenvalue weighted by molar-refractivity contribution is -0.186. The lowest BCUT2D eigenvalue weighted by Gasteiger charge is -2.33. The van der Waals surface area contributed by atoms with Gasteiger partial charge in [-0.25, -0.2) is 0 Å². The minimum absolute atomic E-state index is 0.0506. The molecule has 1 spiro atoms. The van der Waals surface area contributed by atoms with Crippen LogP contribution >= 0.6 is 0 Å². The van der Waals surface area contributed by atoms with Gasteiger partial charge in [-0.1, -0.05) is 0 Å². The van der Waals surface area contributed by atoms with Crippen LogP contribution in [0, 0.1) is 5.92 Å². The molecule has 0 aromatic heterocycles. The average molecular weight is 384 g/mol. The van der Waals surface area contributed by atoms with E-state index in [0.717, 1.165) is 25.7 Å². The monoisotopic (exact) mass is 384 g/mol. The number of benzene rings is 1. The highest BCUT2D eigenvalue weighted by atomic mass is 19.4. The summed E-state index contributed by atoms with van der Waals surface area (Å²) >= 11 is 0. The molecule has 1 saturated heterocycles. The standard InChI is InChI=1S/C19H23F3N2O3/c20-19(21,22)13-4-3-9-24(11-13)12-17(25)23-14-5-6-15-16(10-14)27-18(26-15)7-1-2-8-18/h5-6,10,13H,1-4,7-9,11-12H2,(H,23,25). The Morgan fingerprint density at radius 2 is 1.93 bits per heavy atom. The number of likely N-dealkylation sites (tertiary alicyclic amines) is 1. The molecule has 5 nitrogen and oxygen atoms in total. The molecule has 0 bridgehead atoms. The number of nitrogens with zero attached hydrogens (tertiary/aromatic N) is 1. The third-order valence-corrected chi connectivity index (χ3v) is 5.52. The number of halogens is 3. The molecule has 8 heteroatoms. The van der Waals surface area contributed by atoms with Gasteiger partial charge in [-0.15, -0.1) is 0 Å². The van der Waals surface area contributed by atoms with Crippen molar-refractivity contribution in [2.45, 2.75) is 50.5 Å². The van der Waals surface area contributed by atoms with Crippen molar-refractivity contribution >= 4 is 11.6 Å². The molecule has 1 saturated carbocycles. The summed E-state index contributed by atoms with van der Waals surface area (Å²) in [6.45, 7) is 0.329. The van der Waals surface area contributed by atoms with Gasteiger partial charge in [0, 0.05) is 31.1 Å². The summed E-state index contributed by atoms with van der Waals surface area (Å²) < 4.78 is 50.6. The Bertz CT molecular complexity index is 717. The molecule has 1 N–H and O–H groups in total. The number of carbonyl (C=O) groups excluding carboxylic acids is 1. The number of amides is 1. The molecule has 1 amide bonds. The van der Waals surface area contributed by atoms with Gasteiger partial charge in [0.05, 0.1) is 12.5 Å².